The number of nitriles is 1. The van der Waals surface area contributed by atoms with Gasteiger partial charge < -0.3 is 9.47 Å². The predicted molar refractivity (Wildman–Crippen MR) is 119 cm³/mol. The highest BCUT2D eigenvalue weighted by Crippen LogP contribution is 2.33. The number of hydrogen-bond acceptors (Lipinski definition) is 7. The molecule has 168 valence electrons. The number of hydrogen-bond donors (Lipinski definition) is 0. The number of amides is 2. The number of nitrogens with zero attached hydrogens (tertiary/aromatic N) is 2. The lowest BCUT2D eigenvalue weighted by molar-refractivity contribution is -0.142. The Bertz CT molecular complexity index is 1170. The topological polar surface area (TPSA) is 114 Å². The van der Waals surface area contributed by atoms with Gasteiger partial charge in [-0.2, -0.15) is 5.26 Å². The molecule has 0 bridgehead atoms. The number of carbonyl (C=O) groups excluding carboxylic acids is 2. The van der Waals surface area contributed by atoms with Crippen LogP contribution in [-0.2, 0) is 19.4 Å². The maximum absolute atomic E-state index is 13.3. The minimum absolute atomic E-state index is 0.0950. The van der Waals surface area contributed by atoms with Crippen molar-refractivity contribution in [2.24, 2.45) is 0 Å². The molecule has 2 aliphatic rings. The summed E-state index contributed by atoms with van der Waals surface area (Å²) in [6, 6.07) is 6.21. The van der Waals surface area contributed by atoms with E-state index in [1.807, 2.05) is 13.0 Å². The van der Waals surface area contributed by atoms with E-state index in [1.54, 1.807) is 30.4 Å². The van der Waals surface area contributed by atoms with Crippen LogP contribution in [0.15, 0.2) is 47.6 Å². The molecule has 3 rings (SSSR count). The van der Waals surface area contributed by atoms with Crippen LogP contribution in [0.2, 0.25) is 0 Å². The van der Waals surface area contributed by atoms with E-state index in [-0.39, 0.29) is 34.6 Å². The van der Waals surface area contributed by atoms with Gasteiger partial charge in [-0.25, -0.2) is 8.42 Å². The van der Waals surface area contributed by atoms with Crippen LogP contribution < -0.4 is 9.47 Å². The first-order valence-corrected chi connectivity index (χ1v) is 12.0. The zero-order valence-corrected chi connectivity index (χ0v) is 18.8. The molecule has 1 aromatic carbocycles. The SMILES string of the molecule is C=CCOc1ccc(C=C2C(=O)N(C3CCS(=O)(=O)C3)C(=O)C(C#N)=C2C)cc1OCC. The van der Waals surface area contributed by atoms with Crippen LogP contribution >= 0.6 is 0 Å². The molecule has 1 saturated heterocycles. The van der Waals surface area contributed by atoms with Gasteiger partial charge in [0.2, 0.25) is 0 Å². The lowest BCUT2D eigenvalue weighted by Gasteiger charge is -2.31. The second-order valence-electron chi connectivity index (χ2n) is 7.45. The van der Waals surface area contributed by atoms with Crippen molar-refractivity contribution < 1.29 is 27.5 Å². The molecule has 9 heteroatoms. The number of ether oxygens (including phenoxy) is 2. The highest BCUT2D eigenvalue weighted by Gasteiger charge is 2.43. The van der Waals surface area contributed by atoms with Gasteiger partial charge in [0.1, 0.15) is 18.2 Å². The Morgan fingerprint density at radius 2 is 2.00 bits per heavy atom. The standard InChI is InChI=1S/C23H24N2O6S/c1-4-9-31-20-7-6-16(12-21(20)30-5-2)11-18-15(3)19(13-24)23(27)25(22(18)26)17-8-10-32(28,29)14-17/h4,6-7,11-12,17H,1,5,8-10,14H2,2-3H3. The number of imide groups is 1. The molecular weight excluding hydrogens is 432 g/mol. The van der Waals surface area contributed by atoms with Crippen molar-refractivity contribution >= 4 is 27.7 Å². The first-order chi connectivity index (χ1) is 15.2. The van der Waals surface area contributed by atoms with Gasteiger partial charge >= 0.3 is 0 Å². The van der Waals surface area contributed by atoms with Gasteiger partial charge in [-0.15, -0.1) is 0 Å². The van der Waals surface area contributed by atoms with E-state index in [4.69, 9.17) is 9.47 Å². The van der Waals surface area contributed by atoms with Crippen molar-refractivity contribution in [1.29, 1.82) is 5.26 Å². The van der Waals surface area contributed by atoms with Crippen molar-refractivity contribution in [3.63, 3.8) is 0 Å². The molecule has 1 unspecified atom stereocenters. The summed E-state index contributed by atoms with van der Waals surface area (Å²) in [5.41, 5.74) is 0.848. The highest BCUT2D eigenvalue weighted by atomic mass is 32.2. The number of carbonyl (C=O) groups is 2. The minimum Gasteiger partial charge on any atom is -0.490 e. The molecule has 1 aromatic rings. The summed E-state index contributed by atoms with van der Waals surface area (Å²) in [7, 11) is -3.33. The van der Waals surface area contributed by atoms with E-state index in [1.165, 1.54) is 6.92 Å². The van der Waals surface area contributed by atoms with Gasteiger partial charge in [0.15, 0.2) is 21.3 Å². The van der Waals surface area contributed by atoms with Crippen molar-refractivity contribution in [3.05, 3.63) is 53.1 Å². The second kappa shape index (κ2) is 9.40. The summed E-state index contributed by atoms with van der Waals surface area (Å²) in [5.74, 6) is -0.761. The van der Waals surface area contributed by atoms with Crippen LogP contribution in [0.5, 0.6) is 11.5 Å². The van der Waals surface area contributed by atoms with E-state index < -0.39 is 27.7 Å². The molecule has 0 spiro atoms. The monoisotopic (exact) mass is 456 g/mol. The molecule has 0 aliphatic carbocycles. The maximum atomic E-state index is 13.3. The molecule has 2 amide bonds. The minimum atomic E-state index is -3.33. The van der Waals surface area contributed by atoms with Crippen LogP contribution in [0, 0.1) is 11.3 Å². The highest BCUT2D eigenvalue weighted by molar-refractivity contribution is 7.91. The van der Waals surface area contributed by atoms with Gasteiger partial charge in [-0.05, 0) is 49.6 Å². The van der Waals surface area contributed by atoms with Gasteiger partial charge in [0, 0.05) is 5.57 Å². The number of sulfone groups is 1. The smallest absolute Gasteiger partial charge is 0.271 e. The van der Waals surface area contributed by atoms with Crippen molar-refractivity contribution in [1.82, 2.24) is 4.90 Å². The zero-order chi connectivity index (χ0) is 23.5. The second-order valence-corrected chi connectivity index (χ2v) is 9.67. The molecule has 0 N–H and O–H groups in total. The van der Waals surface area contributed by atoms with Crippen LogP contribution in [-0.4, -0.2) is 55.9 Å². The van der Waals surface area contributed by atoms with Crippen LogP contribution in [0.1, 0.15) is 25.8 Å². The van der Waals surface area contributed by atoms with Crippen molar-refractivity contribution in [2.45, 2.75) is 26.3 Å². The Hall–Kier alpha value is -3.38. The average Bonchev–Trinajstić information content (AvgIpc) is 3.10. The third kappa shape index (κ3) is 4.60. The third-order valence-corrected chi connectivity index (χ3v) is 7.03. The Labute approximate surface area is 187 Å². The fraction of sp³-hybridized carbons (Fsp3) is 0.348. The molecule has 32 heavy (non-hydrogen) atoms. The van der Waals surface area contributed by atoms with Crippen LogP contribution in [0.3, 0.4) is 0 Å². The largest absolute Gasteiger partial charge is 0.490 e. The Morgan fingerprint density at radius 1 is 1.25 bits per heavy atom. The summed E-state index contributed by atoms with van der Waals surface area (Å²) >= 11 is 0. The Balaban J connectivity index is 2.05. The third-order valence-electron chi connectivity index (χ3n) is 5.28. The molecule has 2 heterocycles. The molecule has 0 radical (unpaired) electrons. The fourth-order valence-electron chi connectivity index (χ4n) is 3.73. The van der Waals surface area contributed by atoms with Crippen LogP contribution in [0.4, 0.5) is 0 Å². The number of rotatable bonds is 7. The summed E-state index contributed by atoms with van der Waals surface area (Å²) in [4.78, 5) is 27.0. The first-order valence-electron chi connectivity index (χ1n) is 10.1. The van der Waals surface area contributed by atoms with Crippen molar-refractivity contribution in [2.75, 3.05) is 24.7 Å². The molecular formula is C23H24N2O6S. The summed E-state index contributed by atoms with van der Waals surface area (Å²) in [5, 5.41) is 9.54. The summed E-state index contributed by atoms with van der Waals surface area (Å²) < 4.78 is 35.1. The molecule has 0 saturated carbocycles. The molecule has 8 nitrogen and oxygen atoms in total. The van der Waals surface area contributed by atoms with E-state index in [2.05, 4.69) is 6.58 Å². The predicted octanol–water partition coefficient (Wildman–Crippen LogP) is 2.43. The van der Waals surface area contributed by atoms with Crippen molar-refractivity contribution in [3.8, 4) is 17.6 Å². The lowest BCUT2D eigenvalue weighted by Crippen LogP contribution is -2.49. The summed E-state index contributed by atoms with van der Waals surface area (Å²) in [6.07, 6.45) is 3.34. The maximum Gasteiger partial charge on any atom is 0.271 e. The lowest BCUT2D eigenvalue weighted by atomic mass is 9.92. The van der Waals surface area contributed by atoms with E-state index in [0.717, 1.165) is 4.90 Å². The molecule has 1 fully saturated rings. The number of benzene rings is 1. The van der Waals surface area contributed by atoms with Gasteiger partial charge in [0.05, 0.1) is 24.2 Å². The molecule has 0 aromatic heterocycles. The summed E-state index contributed by atoms with van der Waals surface area (Å²) in [6.45, 7) is 7.69. The quantitative estimate of drug-likeness (QED) is 0.352. The average molecular weight is 457 g/mol. The fourth-order valence-corrected chi connectivity index (χ4v) is 5.43. The van der Waals surface area contributed by atoms with Gasteiger partial charge in [0.25, 0.3) is 11.8 Å². The van der Waals surface area contributed by atoms with Crippen LogP contribution in [0.25, 0.3) is 6.08 Å². The Kier molecular flexibility index (Phi) is 6.84. The zero-order valence-electron chi connectivity index (χ0n) is 18.0. The van der Waals surface area contributed by atoms with Gasteiger partial charge in [-0.3, -0.25) is 14.5 Å². The van der Waals surface area contributed by atoms with E-state index in [9.17, 15) is 23.3 Å². The molecule has 1 atom stereocenters. The van der Waals surface area contributed by atoms with E-state index >= 15 is 0 Å². The normalized spacial score (nSPS) is 21.6. The van der Waals surface area contributed by atoms with Gasteiger partial charge in [-0.1, -0.05) is 18.7 Å². The molecule has 2 aliphatic heterocycles. The first kappa shape index (κ1) is 23.3. The Morgan fingerprint density at radius 3 is 2.59 bits per heavy atom. The van der Waals surface area contributed by atoms with E-state index in [0.29, 0.717) is 30.3 Å².